The molecule has 0 aliphatic heterocycles. The average Bonchev–Trinajstić information content (AvgIpc) is 2.11. The highest BCUT2D eigenvalue weighted by molar-refractivity contribution is 5.89. The van der Waals surface area contributed by atoms with Crippen LogP contribution < -0.4 is 5.32 Å². The van der Waals surface area contributed by atoms with Crippen molar-refractivity contribution < 1.29 is 19.4 Å². The highest BCUT2D eigenvalue weighted by atomic mass is 16.5. The zero-order valence-electron chi connectivity index (χ0n) is 8.90. The fourth-order valence-electron chi connectivity index (χ4n) is 0.974. The Morgan fingerprint density at radius 2 is 1.79 bits per heavy atom. The quantitative estimate of drug-likeness (QED) is 0.689. The summed E-state index contributed by atoms with van der Waals surface area (Å²) in [6.07, 6.45) is -1.64. The molecule has 2 atom stereocenters. The minimum atomic E-state index is -0.927. The maximum atomic E-state index is 11.5. The fraction of sp³-hybridized carbons (Fsp3) is 0.778. The molecule has 14 heavy (non-hydrogen) atoms. The second kappa shape index (κ2) is 5.59. The Morgan fingerprint density at radius 3 is 2.07 bits per heavy atom. The van der Waals surface area contributed by atoms with Crippen molar-refractivity contribution in [3.63, 3.8) is 0 Å². The Balaban J connectivity index is 4.45. The molecular formula is C9H17NO4. The van der Waals surface area contributed by atoms with Crippen LogP contribution in [0.25, 0.3) is 0 Å². The first-order chi connectivity index (χ1) is 6.40. The van der Waals surface area contributed by atoms with E-state index in [0.29, 0.717) is 0 Å². The maximum Gasteiger partial charge on any atom is 0.407 e. The second-order valence-electron chi connectivity index (χ2n) is 3.41. The minimum Gasteiger partial charge on any atom is -0.453 e. The topological polar surface area (TPSA) is 75.6 Å². The van der Waals surface area contributed by atoms with Crippen molar-refractivity contribution in [2.75, 3.05) is 7.11 Å². The second-order valence-corrected chi connectivity index (χ2v) is 3.41. The maximum absolute atomic E-state index is 11.5. The van der Waals surface area contributed by atoms with Gasteiger partial charge in [-0.3, -0.25) is 4.79 Å². The zero-order valence-corrected chi connectivity index (χ0v) is 8.90. The molecule has 2 N–H and O–H groups in total. The molecule has 0 radical (unpaired) electrons. The van der Waals surface area contributed by atoms with Crippen LogP contribution >= 0.6 is 0 Å². The van der Waals surface area contributed by atoms with Crippen LogP contribution in [0.4, 0.5) is 4.79 Å². The molecule has 0 saturated carbocycles. The van der Waals surface area contributed by atoms with E-state index in [1.165, 1.54) is 14.0 Å². The molecule has 0 spiro atoms. The van der Waals surface area contributed by atoms with Crippen molar-refractivity contribution in [3.05, 3.63) is 0 Å². The molecule has 0 saturated heterocycles. The lowest BCUT2D eigenvalue weighted by atomic mass is 9.98. The number of carbonyl (C=O) groups is 2. The van der Waals surface area contributed by atoms with Gasteiger partial charge in [0.1, 0.15) is 6.04 Å². The van der Waals surface area contributed by atoms with Gasteiger partial charge < -0.3 is 15.2 Å². The number of rotatable bonds is 4. The summed E-state index contributed by atoms with van der Waals surface area (Å²) < 4.78 is 4.35. The van der Waals surface area contributed by atoms with Gasteiger partial charge in [-0.25, -0.2) is 4.79 Å². The summed E-state index contributed by atoms with van der Waals surface area (Å²) in [5.74, 6) is -0.461. The van der Waals surface area contributed by atoms with Crippen LogP contribution in [0.15, 0.2) is 0 Å². The van der Waals surface area contributed by atoms with E-state index < -0.39 is 18.2 Å². The largest absolute Gasteiger partial charge is 0.453 e. The van der Waals surface area contributed by atoms with Crippen molar-refractivity contribution in [3.8, 4) is 0 Å². The predicted octanol–water partition coefficient (Wildman–Crippen LogP) is 0.317. The molecule has 0 aromatic carbocycles. The standard InChI is InChI=1S/C9H17NO4/c1-5(2)8(12)7(6(3)11)10-9(13)14-4/h5-7,11H,1-4H3,(H,10,13)/t6-,7+/m1/s1. The molecule has 0 rings (SSSR count). The highest BCUT2D eigenvalue weighted by Gasteiger charge is 2.27. The third-order valence-corrected chi connectivity index (χ3v) is 1.82. The number of hydrogen-bond acceptors (Lipinski definition) is 4. The fourth-order valence-corrected chi connectivity index (χ4v) is 0.974. The average molecular weight is 203 g/mol. The number of aliphatic hydroxyl groups is 1. The Kier molecular flexibility index (Phi) is 5.15. The number of methoxy groups -OCH3 is 1. The summed E-state index contributed by atoms with van der Waals surface area (Å²) in [5.41, 5.74) is 0. The van der Waals surface area contributed by atoms with Gasteiger partial charge in [0, 0.05) is 5.92 Å². The number of ketones is 1. The van der Waals surface area contributed by atoms with E-state index in [-0.39, 0.29) is 11.7 Å². The van der Waals surface area contributed by atoms with Gasteiger partial charge in [0.05, 0.1) is 13.2 Å². The van der Waals surface area contributed by atoms with E-state index in [4.69, 9.17) is 0 Å². The van der Waals surface area contributed by atoms with Crippen molar-refractivity contribution in [2.45, 2.75) is 32.9 Å². The Morgan fingerprint density at radius 1 is 1.29 bits per heavy atom. The number of nitrogens with one attached hydrogen (secondary N) is 1. The van der Waals surface area contributed by atoms with Gasteiger partial charge in [0.25, 0.3) is 0 Å². The molecule has 0 aliphatic rings. The molecule has 1 amide bonds. The van der Waals surface area contributed by atoms with Gasteiger partial charge >= 0.3 is 6.09 Å². The minimum absolute atomic E-state index is 0.217. The van der Waals surface area contributed by atoms with Crippen molar-refractivity contribution in [1.29, 1.82) is 0 Å². The molecule has 0 fully saturated rings. The Hall–Kier alpha value is -1.10. The van der Waals surface area contributed by atoms with Crippen LogP contribution in [-0.2, 0) is 9.53 Å². The van der Waals surface area contributed by atoms with Gasteiger partial charge in [-0.15, -0.1) is 0 Å². The number of alkyl carbamates (subject to hydrolysis) is 1. The van der Waals surface area contributed by atoms with Crippen LogP contribution in [0, 0.1) is 5.92 Å². The van der Waals surface area contributed by atoms with Gasteiger partial charge in [-0.1, -0.05) is 13.8 Å². The van der Waals surface area contributed by atoms with E-state index >= 15 is 0 Å². The molecule has 0 unspecified atom stereocenters. The van der Waals surface area contributed by atoms with E-state index in [9.17, 15) is 14.7 Å². The van der Waals surface area contributed by atoms with Crippen molar-refractivity contribution in [1.82, 2.24) is 5.32 Å². The summed E-state index contributed by atoms with van der Waals surface area (Å²) in [6, 6.07) is -0.901. The molecule has 0 heterocycles. The number of amides is 1. The summed E-state index contributed by atoms with van der Waals surface area (Å²) >= 11 is 0. The molecular weight excluding hydrogens is 186 g/mol. The highest BCUT2D eigenvalue weighted by Crippen LogP contribution is 2.04. The molecule has 5 nitrogen and oxygen atoms in total. The number of Topliss-reactive ketones (excluding diaryl/α,β-unsaturated/α-hetero) is 1. The molecule has 5 heteroatoms. The normalized spacial score (nSPS) is 14.7. The van der Waals surface area contributed by atoms with Crippen LogP contribution in [-0.4, -0.2) is 36.2 Å². The van der Waals surface area contributed by atoms with E-state index in [1.54, 1.807) is 13.8 Å². The van der Waals surface area contributed by atoms with Gasteiger partial charge in [-0.05, 0) is 6.92 Å². The van der Waals surface area contributed by atoms with E-state index in [2.05, 4.69) is 10.1 Å². The van der Waals surface area contributed by atoms with Crippen molar-refractivity contribution in [2.24, 2.45) is 5.92 Å². The third-order valence-electron chi connectivity index (χ3n) is 1.82. The van der Waals surface area contributed by atoms with Crippen LogP contribution in [0.5, 0.6) is 0 Å². The van der Waals surface area contributed by atoms with Crippen LogP contribution in [0.1, 0.15) is 20.8 Å². The first-order valence-corrected chi connectivity index (χ1v) is 4.46. The number of ether oxygens (including phenoxy) is 1. The lowest BCUT2D eigenvalue weighted by Crippen LogP contribution is -2.49. The number of aliphatic hydroxyl groups excluding tert-OH is 1. The summed E-state index contributed by atoms with van der Waals surface area (Å²) in [5, 5.41) is 11.6. The Bertz CT molecular complexity index is 213. The lowest BCUT2D eigenvalue weighted by Gasteiger charge is -2.21. The zero-order chi connectivity index (χ0) is 11.3. The van der Waals surface area contributed by atoms with Gasteiger partial charge in [0.15, 0.2) is 5.78 Å². The summed E-state index contributed by atoms with van der Waals surface area (Å²) in [4.78, 5) is 22.4. The Labute approximate surface area is 83.4 Å². The van der Waals surface area contributed by atoms with Crippen LogP contribution in [0.2, 0.25) is 0 Å². The smallest absolute Gasteiger partial charge is 0.407 e. The van der Waals surface area contributed by atoms with Gasteiger partial charge in [0.2, 0.25) is 0 Å². The molecule has 0 bridgehead atoms. The predicted molar refractivity (Wildman–Crippen MR) is 50.9 cm³/mol. The third kappa shape index (κ3) is 3.74. The van der Waals surface area contributed by atoms with E-state index in [0.717, 1.165) is 0 Å². The number of hydrogen-bond donors (Lipinski definition) is 2. The first-order valence-electron chi connectivity index (χ1n) is 4.46. The van der Waals surface area contributed by atoms with E-state index in [1.807, 2.05) is 0 Å². The molecule has 82 valence electrons. The van der Waals surface area contributed by atoms with Crippen molar-refractivity contribution >= 4 is 11.9 Å². The first kappa shape index (κ1) is 12.9. The monoisotopic (exact) mass is 203 g/mol. The molecule has 0 aromatic rings. The molecule has 0 aromatic heterocycles. The van der Waals surface area contributed by atoms with Crippen LogP contribution in [0.3, 0.4) is 0 Å². The van der Waals surface area contributed by atoms with Gasteiger partial charge in [-0.2, -0.15) is 0 Å². The SMILES string of the molecule is COC(=O)N[C@H](C(=O)C(C)C)[C@@H](C)O. The summed E-state index contributed by atoms with van der Waals surface area (Å²) in [7, 11) is 1.20. The molecule has 0 aliphatic carbocycles. The summed E-state index contributed by atoms with van der Waals surface area (Å²) in [6.45, 7) is 4.86. The number of carbonyl (C=O) groups excluding carboxylic acids is 2. The lowest BCUT2D eigenvalue weighted by molar-refractivity contribution is -0.126.